The van der Waals surface area contributed by atoms with Gasteiger partial charge in [-0.2, -0.15) is 0 Å². The van der Waals surface area contributed by atoms with E-state index in [0.29, 0.717) is 12.0 Å². The number of aryl methyl sites for hydroxylation is 1. The molecule has 1 aliphatic carbocycles. The van der Waals surface area contributed by atoms with Gasteiger partial charge in [0.05, 0.1) is 0 Å². The minimum absolute atomic E-state index is 0.619. The Kier molecular flexibility index (Phi) is 2.17. The fourth-order valence-electron chi connectivity index (χ4n) is 1.87. The zero-order valence-corrected chi connectivity index (χ0v) is 7.59. The fraction of sp³-hybridized carbons (Fsp3) is 0.333. The standard InChI is InChI=1S/C12H13F/c1-9-11-7-3-2-5-10(11)6-4-8-12(9)13/h2-3,5,7,12H,1,4,6,8H2. The van der Waals surface area contributed by atoms with E-state index >= 15 is 0 Å². The Bertz CT molecular complexity index is 328. The Hall–Kier alpha value is -1.11. The van der Waals surface area contributed by atoms with E-state index in [4.69, 9.17) is 0 Å². The van der Waals surface area contributed by atoms with Crippen LogP contribution in [0.2, 0.25) is 0 Å². The molecule has 0 aromatic heterocycles. The van der Waals surface area contributed by atoms with Gasteiger partial charge in [-0.3, -0.25) is 0 Å². The van der Waals surface area contributed by atoms with Gasteiger partial charge in [0, 0.05) is 0 Å². The molecule has 68 valence electrons. The molecule has 0 saturated heterocycles. The topological polar surface area (TPSA) is 0 Å². The highest BCUT2D eigenvalue weighted by atomic mass is 19.1. The number of benzene rings is 1. The summed E-state index contributed by atoms with van der Waals surface area (Å²) in [5.74, 6) is 0. The molecule has 1 aromatic rings. The summed E-state index contributed by atoms with van der Waals surface area (Å²) in [6.45, 7) is 3.82. The van der Waals surface area contributed by atoms with Gasteiger partial charge >= 0.3 is 0 Å². The molecule has 0 bridgehead atoms. The summed E-state index contributed by atoms with van der Waals surface area (Å²) < 4.78 is 13.4. The van der Waals surface area contributed by atoms with Crippen LogP contribution in [0, 0.1) is 0 Å². The van der Waals surface area contributed by atoms with Crippen molar-refractivity contribution in [3.63, 3.8) is 0 Å². The molecule has 1 aromatic carbocycles. The second-order valence-corrected chi connectivity index (χ2v) is 3.54. The van der Waals surface area contributed by atoms with Gasteiger partial charge in [-0.05, 0) is 36.0 Å². The summed E-state index contributed by atoms with van der Waals surface area (Å²) in [6, 6.07) is 7.99. The van der Waals surface area contributed by atoms with Crippen molar-refractivity contribution in [3.05, 3.63) is 42.0 Å². The minimum atomic E-state index is -0.844. The first-order valence-electron chi connectivity index (χ1n) is 4.70. The van der Waals surface area contributed by atoms with Crippen LogP contribution in [-0.2, 0) is 6.42 Å². The average molecular weight is 176 g/mol. The fourth-order valence-corrected chi connectivity index (χ4v) is 1.87. The van der Waals surface area contributed by atoms with Crippen molar-refractivity contribution in [2.75, 3.05) is 0 Å². The first kappa shape index (κ1) is 8.49. The molecule has 0 spiro atoms. The number of hydrogen-bond acceptors (Lipinski definition) is 0. The van der Waals surface area contributed by atoms with Crippen LogP contribution in [0.15, 0.2) is 30.8 Å². The normalized spacial score (nSPS) is 22.2. The lowest BCUT2D eigenvalue weighted by molar-refractivity contribution is 0.386. The molecule has 1 heteroatoms. The maximum Gasteiger partial charge on any atom is 0.125 e. The number of fused-ring (bicyclic) bond motifs is 1. The van der Waals surface area contributed by atoms with Crippen LogP contribution < -0.4 is 0 Å². The highest BCUT2D eigenvalue weighted by Gasteiger charge is 2.18. The first-order valence-corrected chi connectivity index (χ1v) is 4.70. The molecule has 1 aliphatic rings. The predicted molar refractivity (Wildman–Crippen MR) is 53.3 cm³/mol. The Labute approximate surface area is 78.1 Å². The lowest BCUT2D eigenvalue weighted by atomic mass is 9.99. The zero-order chi connectivity index (χ0) is 9.26. The molecule has 0 heterocycles. The smallest absolute Gasteiger partial charge is 0.125 e. The molecule has 13 heavy (non-hydrogen) atoms. The van der Waals surface area contributed by atoms with E-state index in [-0.39, 0.29) is 0 Å². The summed E-state index contributed by atoms with van der Waals surface area (Å²) in [5.41, 5.74) is 2.92. The Morgan fingerprint density at radius 2 is 2.08 bits per heavy atom. The molecule has 0 aliphatic heterocycles. The van der Waals surface area contributed by atoms with E-state index in [2.05, 4.69) is 12.6 Å². The third kappa shape index (κ3) is 1.51. The van der Waals surface area contributed by atoms with Crippen LogP contribution in [0.5, 0.6) is 0 Å². The Balaban J connectivity index is 2.46. The summed E-state index contributed by atoms with van der Waals surface area (Å²) >= 11 is 0. The minimum Gasteiger partial charge on any atom is -0.242 e. The lowest BCUT2D eigenvalue weighted by Gasteiger charge is -2.09. The molecule has 0 saturated carbocycles. The van der Waals surface area contributed by atoms with Gasteiger partial charge in [0.15, 0.2) is 0 Å². The quantitative estimate of drug-likeness (QED) is 0.531. The second-order valence-electron chi connectivity index (χ2n) is 3.54. The maximum atomic E-state index is 13.4. The van der Waals surface area contributed by atoms with Gasteiger partial charge in [0.1, 0.15) is 6.17 Å². The van der Waals surface area contributed by atoms with Crippen LogP contribution >= 0.6 is 0 Å². The zero-order valence-electron chi connectivity index (χ0n) is 7.59. The Morgan fingerprint density at radius 1 is 1.31 bits per heavy atom. The van der Waals surface area contributed by atoms with Gasteiger partial charge in [0.25, 0.3) is 0 Å². The van der Waals surface area contributed by atoms with E-state index in [1.54, 1.807) is 0 Å². The monoisotopic (exact) mass is 176 g/mol. The summed E-state index contributed by atoms with van der Waals surface area (Å²) in [6.07, 6.45) is 1.68. The van der Waals surface area contributed by atoms with Crippen LogP contribution in [0.4, 0.5) is 4.39 Å². The largest absolute Gasteiger partial charge is 0.242 e. The van der Waals surface area contributed by atoms with Crippen molar-refractivity contribution >= 4 is 5.57 Å². The highest BCUT2D eigenvalue weighted by molar-refractivity contribution is 5.69. The Morgan fingerprint density at radius 3 is 2.92 bits per heavy atom. The average Bonchev–Trinajstić information content (AvgIpc) is 2.29. The van der Waals surface area contributed by atoms with E-state index in [1.807, 2.05) is 18.2 Å². The van der Waals surface area contributed by atoms with Crippen molar-refractivity contribution in [1.82, 2.24) is 0 Å². The second kappa shape index (κ2) is 3.33. The number of alkyl halides is 1. The van der Waals surface area contributed by atoms with Gasteiger partial charge in [-0.25, -0.2) is 4.39 Å². The summed E-state index contributed by atoms with van der Waals surface area (Å²) in [4.78, 5) is 0. The molecule has 0 radical (unpaired) electrons. The summed E-state index contributed by atoms with van der Waals surface area (Å²) in [7, 11) is 0. The first-order chi connectivity index (χ1) is 6.29. The summed E-state index contributed by atoms with van der Waals surface area (Å²) in [5, 5.41) is 0. The molecule has 0 N–H and O–H groups in total. The van der Waals surface area contributed by atoms with Crippen molar-refractivity contribution in [1.29, 1.82) is 0 Å². The van der Waals surface area contributed by atoms with Crippen LogP contribution in [0.3, 0.4) is 0 Å². The highest BCUT2D eigenvalue weighted by Crippen LogP contribution is 2.30. The lowest BCUT2D eigenvalue weighted by Crippen LogP contribution is -1.99. The van der Waals surface area contributed by atoms with Gasteiger partial charge < -0.3 is 0 Å². The number of allylic oxidation sites excluding steroid dienone is 1. The molecule has 0 amide bonds. The van der Waals surface area contributed by atoms with Gasteiger partial charge in [-0.15, -0.1) is 0 Å². The number of hydrogen-bond donors (Lipinski definition) is 0. The molecular formula is C12H13F. The molecule has 1 unspecified atom stereocenters. The van der Waals surface area contributed by atoms with Crippen LogP contribution in [0.1, 0.15) is 24.0 Å². The third-order valence-corrected chi connectivity index (χ3v) is 2.65. The molecule has 1 atom stereocenters. The van der Waals surface area contributed by atoms with Crippen molar-refractivity contribution in [2.45, 2.75) is 25.4 Å². The van der Waals surface area contributed by atoms with Crippen molar-refractivity contribution in [3.8, 4) is 0 Å². The van der Waals surface area contributed by atoms with Gasteiger partial charge in [0.2, 0.25) is 0 Å². The van der Waals surface area contributed by atoms with Gasteiger partial charge in [-0.1, -0.05) is 30.8 Å². The predicted octanol–water partition coefficient (Wildman–Crippen LogP) is 3.37. The molecule has 0 nitrogen and oxygen atoms in total. The SMILES string of the molecule is C=C1c2ccccc2CCCC1F. The van der Waals surface area contributed by atoms with Crippen LogP contribution in [0.25, 0.3) is 5.57 Å². The van der Waals surface area contributed by atoms with Crippen molar-refractivity contribution < 1.29 is 4.39 Å². The van der Waals surface area contributed by atoms with Crippen molar-refractivity contribution in [2.24, 2.45) is 0 Å². The molecule has 2 rings (SSSR count). The van der Waals surface area contributed by atoms with E-state index in [1.165, 1.54) is 5.56 Å². The molecular weight excluding hydrogens is 163 g/mol. The van der Waals surface area contributed by atoms with E-state index in [9.17, 15) is 4.39 Å². The molecule has 0 fully saturated rings. The number of rotatable bonds is 0. The van der Waals surface area contributed by atoms with Crippen LogP contribution in [-0.4, -0.2) is 6.17 Å². The third-order valence-electron chi connectivity index (χ3n) is 2.65. The number of halogens is 1. The van der Waals surface area contributed by atoms with E-state index < -0.39 is 6.17 Å². The van der Waals surface area contributed by atoms with E-state index in [0.717, 1.165) is 18.4 Å². The maximum absolute atomic E-state index is 13.4.